The minimum absolute atomic E-state index is 0.238. The van der Waals surface area contributed by atoms with Crippen molar-refractivity contribution in [3.05, 3.63) is 65.4 Å². The van der Waals surface area contributed by atoms with Crippen LogP contribution in [0.25, 0.3) is 10.8 Å². The van der Waals surface area contributed by atoms with Crippen LogP contribution in [0.4, 0.5) is 0 Å². The second kappa shape index (κ2) is 6.22. The smallest absolute Gasteiger partial charge is 0.289 e. The summed E-state index contributed by atoms with van der Waals surface area (Å²) in [5.74, 6) is 0.413. The van der Waals surface area contributed by atoms with Gasteiger partial charge in [0.05, 0.1) is 11.7 Å². The van der Waals surface area contributed by atoms with Crippen molar-refractivity contribution in [1.82, 2.24) is 10.3 Å². The van der Waals surface area contributed by atoms with Gasteiger partial charge in [-0.15, -0.1) is 0 Å². The highest BCUT2D eigenvalue weighted by atomic mass is 16.4. The predicted molar refractivity (Wildman–Crippen MR) is 89.2 cm³/mol. The molecule has 118 valence electrons. The summed E-state index contributed by atoms with van der Waals surface area (Å²) in [5, 5.41) is 5.19. The van der Waals surface area contributed by atoms with Gasteiger partial charge in [-0.1, -0.05) is 36.4 Å². The minimum atomic E-state index is -0.299. The molecule has 5 heteroatoms. The largest absolute Gasteiger partial charge is 0.436 e. The van der Waals surface area contributed by atoms with Crippen LogP contribution in [0, 0.1) is 13.8 Å². The molecule has 0 radical (unpaired) electrons. The van der Waals surface area contributed by atoms with Crippen LogP contribution in [0.3, 0.4) is 0 Å². The van der Waals surface area contributed by atoms with Crippen LogP contribution in [0.15, 0.2) is 46.9 Å². The van der Waals surface area contributed by atoms with Crippen molar-refractivity contribution in [2.45, 2.75) is 19.9 Å². The third-order valence-electron chi connectivity index (χ3n) is 3.83. The zero-order chi connectivity index (χ0) is 16.4. The van der Waals surface area contributed by atoms with Crippen LogP contribution in [0.2, 0.25) is 0 Å². The number of nitrogens with two attached hydrogens (primary N) is 1. The number of nitrogens with one attached hydrogen (secondary N) is 1. The van der Waals surface area contributed by atoms with Gasteiger partial charge in [0.2, 0.25) is 5.76 Å². The molecule has 0 aliphatic carbocycles. The van der Waals surface area contributed by atoms with Crippen molar-refractivity contribution < 1.29 is 9.21 Å². The van der Waals surface area contributed by atoms with Gasteiger partial charge in [-0.3, -0.25) is 4.79 Å². The third kappa shape index (κ3) is 3.10. The Morgan fingerprint density at radius 2 is 1.96 bits per heavy atom. The SMILES string of the molecule is Cc1nc(C)c(C(=O)N[C@@H](CN)c2ccc3ccccc3c2)o1. The molecule has 0 saturated carbocycles. The fraction of sp³-hybridized carbons (Fsp3) is 0.222. The van der Waals surface area contributed by atoms with Crippen LogP contribution >= 0.6 is 0 Å². The molecule has 3 N–H and O–H groups in total. The molecule has 3 rings (SSSR count). The van der Waals surface area contributed by atoms with Crippen molar-refractivity contribution >= 4 is 16.7 Å². The zero-order valence-electron chi connectivity index (χ0n) is 13.2. The second-order valence-electron chi connectivity index (χ2n) is 5.52. The Kier molecular flexibility index (Phi) is 4.12. The van der Waals surface area contributed by atoms with E-state index in [0.29, 0.717) is 18.1 Å². The minimum Gasteiger partial charge on any atom is -0.436 e. The summed E-state index contributed by atoms with van der Waals surface area (Å²) in [5.41, 5.74) is 7.40. The summed E-state index contributed by atoms with van der Waals surface area (Å²) in [6.07, 6.45) is 0. The molecule has 3 aromatic rings. The number of rotatable bonds is 4. The van der Waals surface area contributed by atoms with Crippen LogP contribution < -0.4 is 11.1 Å². The first-order chi connectivity index (χ1) is 11.1. The number of aryl methyl sites for hydroxylation is 2. The number of amides is 1. The van der Waals surface area contributed by atoms with Gasteiger partial charge in [0.15, 0.2) is 5.89 Å². The van der Waals surface area contributed by atoms with Crippen molar-refractivity contribution in [3.8, 4) is 0 Å². The van der Waals surface area contributed by atoms with E-state index >= 15 is 0 Å². The van der Waals surface area contributed by atoms with Gasteiger partial charge in [-0.25, -0.2) is 4.98 Å². The van der Waals surface area contributed by atoms with E-state index in [0.717, 1.165) is 16.3 Å². The van der Waals surface area contributed by atoms with E-state index in [-0.39, 0.29) is 17.7 Å². The first-order valence-electron chi connectivity index (χ1n) is 7.52. The van der Waals surface area contributed by atoms with E-state index in [1.807, 2.05) is 36.4 Å². The van der Waals surface area contributed by atoms with E-state index in [4.69, 9.17) is 10.2 Å². The molecule has 1 atom stereocenters. The lowest BCUT2D eigenvalue weighted by molar-refractivity contribution is 0.0907. The molecule has 0 saturated heterocycles. The van der Waals surface area contributed by atoms with E-state index in [1.165, 1.54) is 0 Å². The number of fused-ring (bicyclic) bond motifs is 1. The average molecular weight is 309 g/mol. The van der Waals surface area contributed by atoms with Gasteiger partial charge in [0.1, 0.15) is 0 Å². The number of oxazole rings is 1. The highest BCUT2D eigenvalue weighted by Gasteiger charge is 2.20. The Balaban J connectivity index is 1.86. The molecule has 0 spiro atoms. The molecule has 2 aromatic carbocycles. The maximum atomic E-state index is 12.4. The van der Waals surface area contributed by atoms with Crippen LogP contribution in [-0.4, -0.2) is 17.4 Å². The number of carbonyl (C=O) groups is 1. The van der Waals surface area contributed by atoms with Gasteiger partial charge in [-0.05, 0) is 29.3 Å². The number of hydrogen-bond acceptors (Lipinski definition) is 4. The summed E-state index contributed by atoms with van der Waals surface area (Å²) < 4.78 is 5.36. The maximum Gasteiger partial charge on any atom is 0.289 e. The summed E-state index contributed by atoms with van der Waals surface area (Å²) >= 11 is 0. The van der Waals surface area contributed by atoms with Crippen molar-refractivity contribution in [1.29, 1.82) is 0 Å². The molecule has 5 nitrogen and oxygen atoms in total. The normalized spacial score (nSPS) is 12.3. The standard InChI is InChI=1S/C18H19N3O2/c1-11-17(23-12(2)20-11)18(22)21-16(10-19)15-8-7-13-5-3-4-6-14(13)9-15/h3-9,16H,10,19H2,1-2H3,(H,21,22)/t16-/m0/s1. The average Bonchev–Trinajstić information content (AvgIpc) is 2.90. The first kappa shape index (κ1) is 15.2. The van der Waals surface area contributed by atoms with Crippen molar-refractivity contribution in [2.75, 3.05) is 6.54 Å². The lowest BCUT2D eigenvalue weighted by atomic mass is 10.0. The first-order valence-corrected chi connectivity index (χ1v) is 7.52. The lowest BCUT2D eigenvalue weighted by Crippen LogP contribution is -2.33. The van der Waals surface area contributed by atoms with Crippen LogP contribution in [-0.2, 0) is 0 Å². The van der Waals surface area contributed by atoms with Gasteiger partial charge in [-0.2, -0.15) is 0 Å². The Bertz CT molecular complexity index is 854. The molecule has 1 aromatic heterocycles. The lowest BCUT2D eigenvalue weighted by Gasteiger charge is -2.17. The Hall–Kier alpha value is -2.66. The fourth-order valence-electron chi connectivity index (χ4n) is 2.67. The number of benzene rings is 2. The number of carbonyl (C=O) groups excluding carboxylic acids is 1. The molecular formula is C18H19N3O2. The Labute approximate surface area is 134 Å². The number of hydrogen-bond donors (Lipinski definition) is 2. The predicted octanol–water partition coefficient (Wildman–Crippen LogP) is 2.87. The van der Waals surface area contributed by atoms with Crippen molar-refractivity contribution in [3.63, 3.8) is 0 Å². The van der Waals surface area contributed by atoms with Crippen molar-refractivity contribution in [2.24, 2.45) is 5.73 Å². The number of aromatic nitrogens is 1. The Morgan fingerprint density at radius 1 is 1.22 bits per heavy atom. The molecule has 1 amide bonds. The van der Waals surface area contributed by atoms with Gasteiger partial charge < -0.3 is 15.5 Å². The van der Waals surface area contributed by atoms with Gasteiger partial charge in [0.25, 0.3) is 5.91 Å². The molecule has 0 aliphatic heterocycles. The summed E-state index contributed by atoms with van der Waals surface area (Å²) in [6.45, 7) is 3.77. The number of nitrogens with zero attached hydrogens (tertiary/aromatic N) is 1. The Morgan fingerprint density at radius 3 is 2.61 bits per heavy atom. The molecule has 0 fully saturated rings. The zero-order valence-corrected chi connectivity index (χ0v) is 13.2. The summed E-state index contributed by atoms with van der Waals surface area (Å²) in [6, 6.07) is 13.9. The van der Waals surface area contributed by atoms with Gasteiger partial charge >= 0.3 is 0 Å². The highest BCUT2D eigenvalue weighted by Crippen LogP contribution is 2.21. The molecule has 23 heavy (non-hydrogen) atoms. The third-order valence-corrected chi connectivity index (χ3v) is 3.83. The molecule has 0 bridgehead atoms. The topological polar surface area (TPSA) is 81.2 Å². The summed E-state index contributed by atoms with van der Waals surface area (Å²) in [7, 11) is 0. The van der Waals surface area contributed by atoms with Gasteiger partial charge in [0, 0.05) is 13.5 Å². The molecular weight excluding hydrogens is 290 g/mol. The maximum absolute atomic E-state index is 12.4. The van der Waals surface area contributed by atoms with Crippen LogP contribution in [0.5, 0.6) is 0 Å². The quantitative estimate of drug-likeness (QED) is 0.776. The summed E-state index contributed by atoms with van der Waals surface area (Å²) in [4.78, 5) is 16.5. The van der Waals surface area contributed by atoms with E-state index in [1.54, 1.807) is 13.8 Å². The monoisotopic (exact) mass is 309 g/mol. The van der Waals surface area contributed by atoms with E-state index < -0.39 is 0 Å². The fourth-order valence-corrected chi connectivity index (χ4v) is 2.67. The van der Waals surface area contributed by atoms with Crippen LogP contribution in [0.1, 0.15) is 33.7 Å². The molecule has 1 heterocycles. The van der Waals surface area contributed by atoms with E-state index in [9.17, 15) is 4.79 Å². The molecule has 0 unspecified atom stereocenters. The molecule has 0 aliphatic rings. The highest BCUT2D eigenvalue weighted by molar-refractivity contribution is 5.93. The van der Waals surface area contributed by atoms with E-state index in [2.05, 4.69) is 16.4 Å². The second-order valence-corrected chi connectivity index (χ2v) is 5.52.